The summed E-state index contributed by atoms with van der Waals surface area (Å²) in [7, 11) is 0. The lowest BCUT2D eigenvalue weighted by molar-refractivity contribution is -0.0833. The van der Waals surface area contributed by atoms with Gasteiger partial charge in [0.05, 0.1) is 18.3 Å². The molecule has 1 heterocycles. The Hall–Kier alpha value is -0.120. The van der Waals surface area contributed by atoms with Gasteiger partial charge in [0.25, 0.3) is 0 Å². The average Bonchev–Trinajstić information content (AvgIpc) is 2.26. The lowest BCUT2D eigenvalue weighted by Crippen LogP contribution is -2.38. The van der Waals surface area contributed by atoms with Crippen LogP contribution in [-0.4, -0.2) is 47.4 Å². The van der Waals surface area contributed by atoms with Crippen molar-refractivity contribution >= 4 is 0 Å². The molecule has 0 spiro atoms. The third-order valence-corrected chi connectivity index (χ3v) is 2.89. The van der Waals surface area contributed by atoms with Crippen molar-refractivity contribution in [2.45, 2.75) is 51.9 Å². The molecule has 3 heteroatoms. The van der Waals surface area contributed by atoms with Crippen LogP contribution in [0, 0.1) is 0 Å². The maximum atomic E-state index is 9.85. The largest absolute Gasteiger partial charge is 0.388 e. The minimum atomic E-state index is -0.715. The van der Waals surface area contributed by atoms with Crippen molar-refractivity contribution in [2.24, 2.45) is 0 Å². The van der Waals surface area contributed by atoms with Crippen LogP contribution in [-0.2, 0) is 4.74 Å². The van der Waals surface area contributed by atoms with E-state index in [0.717, 1.165) is 26.1 Å². The molecule has 1 atom stereocenters. The second kappa shape index (κ2) is 4.60. The summed E-state index contributed by atoms with van der Waals surface area (Å²) in [6.45, 7) is 10.8. The molecule has 0 bridgehead atoms. The van der Waals surface area contributed by atoms with E-state index < -0.39 is 5.60 Å². The Kier molecular flexibility index (Phi) is 3.93. The molecule has 0 radical (unpaired) electrons. The van der Waals surface area contributed by atoms with Crippen molar-refractivity contribution in [3.05, 3.63) is 0 Å². The first-order chi connectivity index (χ1) is 6.41. The van der Waals surface area contributed by atoms with Gasteiger partial charge in [-0.15, -0.1) is 0 Å². The highest BCUT2D eigenvalue weighted by atomic mass is 16.5. The van der Waals surface area contributed by atoms with Crippen LogP contribution in [0.3, 0.4) is 0 Å². The molecule has 3 nitrogen and oxygen atoms in total. The van der Waals surface area contributed by atoms with Crippen LogP contribution in [0.4, 0.5) is 0 Å². The van der Waals surface area contributed by atoms with Gasteiger partial charge in [-0.25, -0.2) is 0 Å². The molecule has 14 heavy (non-hydrogen) atoms. The van der Waals surface area contributed by atoms with Gasteiger partial charge in [-0.3, -0.25) is 4.90 Å². The van der Waals surface area contributed by atoms with Gasteiger partial charge in [-0.1, -0.05) is 0 Å². The van der Waals surface area contributed by atoms with Gasteiger partial charge in [0.15, 0.2) is 0 Å². The molecule has 84 valence electrons. The van der Waals surface area contributed by atoms with E-state index in [0.29, 0.717) is 6.04 Å². The van der Waals surface area contributed by atoms with E-state index in [1.165, 1.54) is 0 Å². The molecule has 0 aromatic carbocycles. The summed E-state index contributed by atoms with van der Waals surface area (Å²) >= 11 is 0. The first-order valence-corrected chi connectivity index (χ1v) is 5.49. The SMILES string of the molecule is CC(C)N1CCOC(C(C)(C)O)CC1. The van der Waals surface area contributed by atoms with E-state index in [2.05, 4.69) is 18.7 Å². The van der Waals surface area contributed by atoms with Gasteiger partial charge in [0.2, 0.25) is 0 Å². The molecule has 1 fully saturated rings. The highest BCUT2D eigenvalue weighted by Crippen LogP contribution is 2.19. The number of ether oxygens (including phenoxy) is 1. The molecule has 1 rings (SSSR count). The quantitative estimate of drug-likeness (QED) is 0.730. The fourth-order valence-electron chi connectivity index (χ4n) is 1.86. The molecule has 1 saturated heterocycles. The number of nitrogens with zero attached hydrogens (tertiary/aromatic N) is 1. The van der Waals surface area contributed by atoms with Gasteiger partial charge >= 0.3 is 0 Å². The molecule has 1 aliphatic rings. The third-order valence-electron chi connectivity index (χ3n) is 2.89. The van der Waals surface area contributed by atoms with Gasteiger partial charge in [-0.05, 0) is 34.1 Å². The van der Waals surface area contributed by atoms with Crippen LogP contribution >= 0.6 is 0 Å². The maximum Gasteiger partial charge on any atom is 0.0869 e. The minimum Gasteiger partial charge on any atom is -0.388 e. The van der Waals surface area contributed by atoms with Gasteiger partial charge in [0.1, 0.15) is 0 Å². The lowest BCUT2D eigenvalue weighted by Gasteiger charge is -2.28. The predicted octanol–water partition coefficient (Wildman–Crippen LogP) is 1.26. The summed E-state index contributed by atoms with van der Waals surface area (Å²) in [5.74, 6) is 0. The molecule has 0 aromatic heterocycles. The smallest absolute Gasteiger partial charge is 0.0869 e. The first-order valence-electron chi connectivity index (χ1n) is 5.49. The van der Waals surface area contributed by atoms with Crippen LogP contribution in [0.5, 0.6) is 0 Å². The highest BCUT2D eigenvalue weighted by molar-refractivity contribution is 4.82. The van der Waals surface area contributed by atoms with E-state index >= 15 is 0 Å². The molecular formula is C11H23NO2. The Morgan fingerprint density at radius 2 is 2.00 bits per heavy atom. The summed E-state index contributed by atoms with van der Waals surface area (Å²) in [6.07, 6.45) is 0.896. The number of aliphatic hydroxyl groups is 1. The normalized spacial score (nSPS) is 26.6. The first kappa shape index (κ1) is 12.0. The highest BCUT2D eigenvalue weighted by Gasteiger charge is 2.30. The monoisotopic (exact) mass is 201 g/mol. The summed E-state index contributed by atoms with van der Waals surface area (Å²) < 4.78 is 5.66. The minimum absolute atomic E-state index is 0.0220. The predicted molar refractivity (Wildman–Crippen MR) is 57.4 cm³/mol. The Morgan fingerprint density at radius 1 is 1.36 bits per heavy atom. The van der Waals surface area contributed by atoms with Crippen LogP contribution in [0.25, 0.3) is 0 Å². The van der Waals surface area contributed by atoms with Crippen LogP contribution in [0.1, 0.15) is 34.1 Å². The van der Waals surface area contributed by atoms with E-state index in [9.17, 15) is 5.11 Å². The Bertz CT molecular complexity index is 175. The van der Waals surface area contributed by atoms with Gasteiger partial charge in [-0.2, -0.15) is 0 Å². The molecule has 1 N–H and O–H groups in total. The topological polar surface area (TPSA) is 32.7 Å². The lowest BCUT2D eigenvalue weighted by atomic mass is 9.99. The number of hydrogen-bond donors (Lipinski definition) is 1. The molecule has 0 aliphatic carbocycles. The van der Waals surface area contributed by atoms with Crippen LogP contribution in [0.15, 0.2) is 0 Å². The van der Waals surface area contributed by atoms with Crippen LogP contribution < -0.4 is 0 Å². The van der Waals surface area contributed by atoms with E-state index in [1.54, 1.807) is 0 Å². The molecular weight excluding hydrogens is 178 g/mol. The Morgan fingerprint density at radius 3 is 2.50 bits per heavy atom. The third kappa shape index (κ3) is 3.23. The van der Waals surface area contributed by atoms with Gasteiger partial charge < -0.3 is 9.84 Å². The van der Waals surface area contributed by atoms with Crippen molar-refractivity contribution in [3.8, 4) is 0 Å². The van der Waals surface area contributed by atoms with Crippen molar-refractivity contribution < 1.29 is 9.84 Å². The molecule has 0 amide bonds. The molecule has 1 unspecified atom stereocenters. The summed E-state index contributed by atoms with van der Waals surface area (Å²) in [5, 5.41) is 9.85. The van der Waals surface area contributed by atoms with Crippen LogP contribution in [0.2, 0.25) is 0 Å². The van der Waals surface area contributed by atoms with E-state index in [-0.39, 0.29) is 6.10 Å². The zero-order valence-corrected chi connectivity index (χ0v) is 9.79. The number of rotatable bonds is 2. The van der Waals surface area contributed by atoms with Crippen molar-refractivity contribution in [1.29, 1.82) is 0 Å². The molecule has 1 aliphatic heterocycles. The second-order valence-electron chi connectivity index (χ2n) is 4.93. The fourth-order valence-corrected chi connectivity index (χ4v) is 1.86. The summed E-state index contributed by atoms with van der Waals surface area (Å²) in [5.41, 5.74) is -0.715. The molecule has 0 saturated carbocycles. The zero-order valence-electron chi connectivity index (χ0n) is 9.79. The van der Waals surface area contributed by atoms with E-state index in [4.69, 9.17) is 4.74 Å². The zero-order chi connectivity index (χ0) is 10.8. The molecule has 0 aromatic rings. The van der Waals surface area contributed by atoms with Crippen molar-refractivity contribution in [1.82, 2.24) is 4.90 Å². The fraction of sp³-hybridized carbons (Fsp3) is 1.00. The standard InChI is InChI=1S/C11H23NO2/c1-9(2)12-6-5-10(11(3,4)13)14-8-7-12/h9-10,13H,5-8H2,1-4H3. The maximum absolute atomic E-state index is 9.85. The average molecular weight is 201 g/mol. The van der Waals surface area contributed by atoms with Gasteiger partial charge in [0, 0.05) is 19.1 Å². The second-order valence-corrected chi connectivity index (χ2v) is 4.93. The number of hydrogen-bond acceptors (Lipinski definition) is 3. The van der Waals surface area contributed by atoms with E-state index in [1.807, 2.05) is 13.8 Å². The Balaban J connectivity index is 2.49. The van der Waals surface area contributed by atoms with Crippen molar-refractivity contribution in [3.63, 3.8) is 0 Å². The summed E-state index contributed by atoms with van der Waals surface area (Å²) in [6, 6.07) is 0.569. The summed E-state index contributed by atoms with van der Waals surface area (Å²) in [4.78, 5) is 2.39. The van der Waals surface area contributed by atoms with Crippen molar-refractivity contribution in [2.75, 3.05) is 19.7 Å². The Labute approximate surface area is 87.1 Å².